The van der Waals surface area contributed by atoms with E-state index in [1.165, 1.54) is 4.80 Å². The number of nitrogens with zero attached hydrogens (tertiary/aromatic N) is 4. The highest BCUT2D eigenvalue weighted by atomic mass is 35.5. The van der Waals surface area contributed by atoms with Crippen molar-refractivity contribution in [1.82, 2.24) is 20.3 Å². The van der Waals surface area contributed by atoms with Crippen molar-refractivity contribution in [3.63, 3.8) is 0 Å². The number of aromatic nitrogens is 3. The molecule has 0 saturated heterocycles. The number of nitrogens with one attached hydrogen (secondary N) is 1. The molecule has 7 nitrogen and oxygen atoms in total. The van der Waals surface area contributed by atoms with E-state index < -0.39 is 0 Å². The second-order valence-corrected chi connectivity index (χ2v) is 7.67. The van der Waals surface area contributed by atoms with Gasteiger partial charge in [-0.1, -0.05) is 18.2 Å². The zero-order valence-electron chi connectivity index (χ0n) is 16.4. The van der Waals surface area contributed by atoms with Gasteiger partial charge < -0.3 is 27.3 Å². The number of aromatic hydroxyl groups is 1. The third-order valence-corrected chi connectivity index (χ3v) is 4.29. The van der Waals surface area contributed by atoms with E-state index in [9.17, 15) is 9.90 Å². The number of benzene rings is 2. The average Bonchev–Trinajstić information content (AvgIpc) is 3.03. The van der Waals surface area contributed by atoms with Gasteiger partial charge in [-0.2, -0.15) is 0 Å². The molecule has 1 heterocycles. The molecule has 2 aromatic carbocycles. The minimum atomic E-state index is 0. The fourth-order valence-corrected chi connectivity index (χ4v) is 2.73. The highest BCUT2D eigenvalue weighted by molar-refractivity contribution is 5.76. The molecule has 0 aliphatic carbocycles. The first-order valence-corrected chi connectivity index (χ1v) is 9.03. The summed E-state index contributed by atoms with van der Waals surface area (Å²) in [5.41, 5.74) is 2.98. The normalized spacial score (nSPS) is 11.2. The maximum absolute atomic E-state index is 12.0. The number of fused-ring (bicyclic) bond motifs is 1. The molecule has 0 atom stereocenters. The minimum absolute atomic E-state index is 0. The summed E-state index contributed by atoms with van der Waals surface area (Å²) in [6.07, 6.45) is 0.986. The number of phenolic OH excluding ortho intramolecular Hbond substituents is 1. The van der Waals surface area contributed by atoms with Gasteiger partial charge in [0.2, 0.25) is 5.91 Å². The molecule has 0 saturated carbocycles. The third kappa shape index (κ3) is 5.68. The van der Waals surface area contributed by atoms with Crippen LogP contribution in [0, 0.1) is 0 Å². The Bertz CT molecular complexity index is 916. The van der Waals surface area contributed by atoms with Gasteiger partial charge in [-0.05, 0) is 36.2 Å². The number of hydrogen-bond acceptors (Lipinski definition) is 4. The molecule has 2 N–H and O–H groups in total. The van der Waals surface area contributed by atoms with Crippen LogP contribution in [0.5, 0.6) is 5.75 Å². The monoisotopic (exact) mass is 403 g/mol. The summed E-state index contributed by atoms with van der Waals surface area (Å²) in [6, 6.07) is 12.8. The van der Waals surface area contributed by atoms with Crippen LogP contribution in [0.2, 0.25) is 0 Å². The van der Waals surface area contributed by atoms with E-state index in [2.05, 4.69) is 36.7 Å². The highest BCUT2D eigenvalue weighted by Crippen LogP contribution is 2.23. The number of halogens is 1. The van der Waals surface area contributed by atoms with Gasteiger partial charge in [0.05, 0.1) is 34.2 Å². The van der Waals surface area contributed by atoms with E-state index in [1.807, 2.05) is 36.4 Å². The predicted molar refractivity (Wildman–Crippen MR) is 105 cm³/mol. The lowest BCUT2D eigenvalue weighted by atomic mass is 10.1. The molecule has 1 amide bonds. The maximum atomic E-state index is 12.0. The van der Waals surface area contributed by atoms with Crippen LogP contribution in [0.4, 0.5) is 0 Å². The first-order valence-electron chi connectivity index (χ1n) is 9.03. The lowest BCUT2D eigenvalue weighted by Crippen LogP contribution is -3.00. The number of likely N-dealkylation sites (N-methyl/N-ethyl adjacent to an activating group) is 1. The molecule has 0 fully saturated rings. The Labute approximate surface area is 171 Å². The van der Waals surface area contributed by atoms with Crippen LogP contribution in [0.3, 0.4) is 0 Å². The smallest absolute Gasteiger partial charge is 0.220 e. The van der Waals surface area contributed by atoms with Gasteiger partial charge in [-0.25, -0.2) is 0 Å². The van der Waals surface area contributed by atoms with E-state index in [1.54, 1.807) is 6.07 Å². The van der Waals surface area contributed by atoms with Crippen molar-refractivity contribution in [2.45, 2.75) is 12.8 Å². The quantitative estimate of drug-likeness (QED) is 0.490. The van der Waals surface area contributed by atoms with Crippen molar-refractivity contribution in [1.29, 1.82) is 0 Å². The topological polar surface area (TPSA) is 80.0 Å². The molecule has 3 aromatic rings. The molecule has 0 bridgehead atoms. The number of hydrogen-bond donors (Lipinski definition) is 2. The number of quaternary nitrogens is 1. The Kier molecular flexibility index (Phi) is 6.99. The van der Waals surface area contributed by atoms with Crippen LogP contribution in [0.25, 0.3) is 16.7 Å². The first kappa shape index (κ1) is 21.7. The molecule has 0 aliphatic heterocycles. The molecule has 28 heavy (non-hydrogen) atoms. The van der Waals surface area contributed by atoms with E-state index >= 15 is 0 Å². The van der Waals surface area contributed by atoms with Crippen molar-refractivity contribution in [2.75, 3.05) is 34.2 Å². The van der Waals surface area contributed by atoms with Crippen LogP contribution >= 0.6 is 0 Å². The molecule has 0 radical (unpaired) electrons. The number of carbonyl (C=O) groups excluding carboxylic acids is 1. The Morgan fingerprint density at radius 1 is 1.11 bits per heavy atom. The number of phenols is 1. The number of amides is 1. The Morgan fingerprint density at radius 2 is 1.75 bits per heavy atom. The van der Waals surface area contributed by atoms with E-state index in [0.29, 0.717) is 25.1 Å². The van der Waals surface area contributed by atoms with E-state index in [0.717, 1.165) is 27.6 Å². The fraction of sp³-hybridized carbons (Fsp3) is 0.350. The maximum Gasteiger partial charge on any atom is 0.220 e. The number of carbonyl (C=O) groups is 1. The molecule has 8 heteroatoms. The summed E-state index contributed by atoms with van der Waals surface area (Å²) in [4.78, 5) is 13.5. The molecule has 1 aromatic heterocycles. The Hall–Kier alpha value is -2.64. The molecular formula is C20H26ClN5O2. The van der Waals surface area contributed by atoms with Crippen LogP contribution in [0.15, 0.2) is 42.5 Å². The SMILES string of the molecule is C[N+](C)(C)CCNC(=O)CCc1ccc(O)c(-n2nc3ccccc3n2)c1.[Cl-]. The average molecular weight is 404 g/mol. The van der Waals surface area contributed by atoms with Gasteiger partial charge in [-0.3, -0.25) is 4.79 Å². The van der Waals surface area contributed by atoms with Crippen LogP contribution < -0.4 is 17.7 Å². The van der Waals surface area contributed by atoms with Crippen LogP contribution in [-0.4, -0.2) is 64.7 Å². The third-order valence-electron chi connectivity index (χ3n) is 4.29. The summed E-state index contributed by atoms with van der Waals surface area (Å²) in [5, 5.41) is 22.0. The lowest BCUT2D eigenvalue weighted by Gasteiger charge is -2.23. The summed E-state index contributed by atoms with van der Waals surface area (Å²) >= 11 is 0. The zero-order valence-corrected chi connectivity index (χ0v) is 17.1. The molecule has 0 unspecified atom stereocenters. The van der Waals surface area contributed by atoms with Crippen molar-refractivity contribution < 1.29 is 26.8 Å². The number of rotatable bonds is 7. The summed E-state index contributed by atoms with van der Waals surface area (Å²) in [7, 11) is 6.28. The highest BCUT2D eigenvalue weighted by Gasteiger charge is 2.11. The molecular weight excluding hydrogens is 378 g/mol. The van der Waals surface area contributed by atoms with Crippen molar-refractivity contribution in [3.05, 3.63) is 48.0 Å². The Balaban J connectivity index is 0.00000280. The summed E-state index contributed by atoms with van der Waals surface area (Å²) < 4.78 is 0.812. The summed E-state index contributed by atoms with van der Waals surface area (Å²) in [6.45, 7) is 1.54. The van der Waals surface area contributed by atoms with E-state index in [-0.39, 0.29) is 24.1 Å². The zero-order chi connectivity index (χ0) is 19.4. The predicted octanol–water partition coefficient (Wildman–Crippen LogP) is -1.11. The minimum Gasteiger partial charge on any atom is -1.00 e. The largest absolute Gasteiger partial charge is 1.00 e. The van der Waals surface area contributed by atoms with Crippen LogP contribution in [-0.2, 0) is 11.2 Å². The molecule has 0 aliphatic rings. The van der Waals surface area contributed by atoms with Crippen molar-refractivity contribution in [3.8, 4) is 11.4 Å². The van der Waals surface area contributed by atoms with Crippen LogP contribution in [0.1, 0.15) is 12.0 Å². The second-order valence-electron chi connectivity index (χ2n) is 7.67. The Morgan fingerprint density at radius 3 is 2.36 bits per heavy atom. The molecule has 0 spiro atoms. The lowest BCUT2D eigenvalue weighted by molar-refractivity contribution is -0.869. The first-order chi connectivity index (χ1) is 12.8. The van der Waals surface area contributed by atoms with Gasteiger partial charge in [0.1, 0.15) is 22.5 Å². The second kappa shape index (κ2) is 9.03. The van der Waals surface area contributed by atoms with Gasteiger partial charge >= 0.3 is 0 Å². The van der Waals surface area contributed by atoms with Gasteiger partial charge in [0.25, 0.3) is 0 Å². The fourth-order valence-electron chi connectivity index (χ4n) is 2.73. The molecule has 3 rings (SSSR count). The van der Waals surface area contributed by atoms with Gasteiger partial charge in [0, 0.05) is 6.42 Å². The summed E-state index contributed by atoms with van der Waals surface area (Å²) in [5.74, 6) is 0.132. The van der Waals surface area contributed by atoms with Crippen molar-refractivity contribution >= 4 is 16.9 Å². The van der Waals surface area contributed by atoms with Gasteiger partial charge in [0.15, 0.2) is 0 Å². The standard InChI is InChI=1S/C20H25N5O2.ClH/c1-25(2,3)13-12-21-20(27)11-9-15-8-10-19(26)18(14-15)24-22-16-6-4-5-7-17(16)23-24;/h4-8,10,14H,9,11-13H2,1-3H3,(H-,21,26,27);1H. The molecule has 150 valence electrons. The van der Waals surface area contributed by atoms with E-state index in [4.69, 9.17) is 0 Å². The van der Waals surface area contributed by atoms with Crippen molar-refractivity contribution in [2.24, 2.45) is 0 Å². The number of aryl methyl sites for hydroxylation is 1. The van der Waals surface area contributed by atoms with Gasteiger partial charge in [-0.15, -0.1) is 15.0 Å².